The van der Waals surface area contributed by atoms with Crippen molar-refractivity contribution >= 4 is 23.1 Å². The van der Waals surface area contributed by atoms with E-state index in [-0.39, 0.29) is 74.8 Å². The predicted molar refractivity (Wildman–Crippen MR) is 232 cm³/mol. The third-order valence-corrected chi connectivity index (χ3v) is 12.8. The summed E-state index contributed by atoms with van der Waals surface area (Å²) < 4.78 is 65.7. The molecule has 2 saturated carbocycles. The molecule has 4 fully saturated rings. The predicted octanol–water partition coefficient (Wildman–Crippen LogP) is 13.3. The molecule has 0 spiro atoms. The maximum absolute atomic E-state index is 14.2. The number of carbonyl (C=O) groups is 2. The summed E-state index contributed by atoms with van der Waals surface area (Å²) in [5, 5.41) is 3.49. The zero-order valence-corrected chi connectivity index (χ0v) is 35.6. The average Bonchev–Trinajstić information content (AvgIpc) is 3.28. The van der Waals surface area contributed by atoms with E-state index in [1.54, 1.807) is 4.90 Å². The Balaban J connectivity index is 0.000000172. The van der Waals surface area contributed by atoms with Gasteiger partial charge in [-0.1, -0.05) is 121 Å². The lowest BCUT2D eigenvalue weighted by Crippen LogP contribution is -2.51. The van der Waals surface area contributed by atoms with E-state index in [4.69, 9.17) is 16.3 Å². The number of hydrogen-bond donors (Lipinski definition) is 1. The van der Waals surface area contributed by atoms with Crippen molar-refractivity contribution in [3.8, 4) is 0 Å². The van der Waals surface area contributed by atoms with Crippen molar-refractivity contribution in [2.24, 2.45) is 11.8 Å². The van der Waals surface area contributed by atoms with E-state index in [1.165, 1.54) is 11.1 Å². The third-order valence-electron chi connectivity index (χ3n) is 12.7. The van der Waals surface area contributed by atoms with Crippen molar-refractivity contribution < 1.29 is 36.6 Å². The van der Waals surface area contributed by atoms with E-state index in [1.807, 2.05) is 84.9 Å². The second-order valence-corrected chi connectivity index (χ2v) is 17.4. The average molecular weight is 863 g/mol. The number of nitrogens with zero attached hydrogens (tertiary/aromatic N) is 1. The highest BCUT2D eigenvalue weighted by atomic mass is 35.5. The highest BCUT2D eigenvalue weighted by Gasteiger charge is 2.45. The molecule has 2 heterocycles. The van der Waals surface area contributed by atoms with E-state index in [0.29, 0.717) is 31.7 Å². The van der Waals surface area contributed by atoms with Gasteiger partial charge in [0.1, 0.15) is 13.2 Å². The first kappa shape index (κ1) is 46.1. The fourth-order valence-corrected chi connectivity index (χ4v) is 9.70. The molecule has 8 rings (SSSR count). The Hall–Kier alpha value is -4.41. The van der Waals surface area contributed by atoms with Gasteiger partial charge >= 0.3 is 11.5 Å². The Morgan fingerprint density at radius 3 is 1.62 bits per heavy atom. The van der Waals surface area contributed by atoms with Gasteiger partial charge in [-0.2, -0.15) is 0 Å². The number of ether oxygens (including phenoxy) is 2. The Morgan fingerprint density at radius 1 is 0.623 bits per heavy atom. The number of halogens is 5. The summed E-state index contributed by atoms with van der Waals surface area (Å²) in [7, 11) is 0. The van der Waals surface area contributed by atoms with Crippen LogP contribution in [0, 0.1) is 11.8 Å². The molecule has 4 aliphatic rings. The topological polar surface area (TPSA) is 67.9 Å². The van der Waals surface area contributed by atoms with Crippen molar-refractivity contribution in [2.45, 2.75) is 126 Å². The first-order valence-corrected chi connectivity index (χ1v) is 22.2. The zero-order valence-electron chi connectivity index (χ0n) is 34.8. The lowest BCUT2D eigenvalue weighted by atomic mass is 9.74. The van der Waals surface area contributed by atoms with Crippen LogP contribution < -0.4 is 5.32 Å². The normalized spacial score (nSPS) is 25.6. The van der Waals surface area contributed by atoms with Crippen molar-refractivity contribution in [2.75, 3.05) is 13.1 Å². The van der Waals surface area contributed by atoms with Crippen LogP contribution in [0.15, 0.2) is 121 Å². The maximum atomic E-state index is 14.2. The molecule has 2 saturated heterocycles. The molecule has 328 valence electrons. The van der Waals surface area contributed by atoms with Crippen LogP contribution in [0.3, 0.4) is 0 Å². The van der Waals surface area contributed by atoms with Gasteiger partial charge < -0.3 is 19.7 Å². The number of hydrogen-bond acceptors (Lipinski definition) is 5. The summed E-state index contributed by atoms with van der Waals surface area (Å²) in [5.74, 6) is -4.32. The van der Waals surface area contributed by atoms with Gasteiger partial charge in [0, 0.05) is 55.9 Å². The number of rotatable bonds is 8. The SMILES string of the molecule is FC1(F)CCCC(C2CC(c3ccccc3)CCN2)C1.O=C(Cl)OCc1ccccc1.O=C(OCc1ccccc1)N1CC[C@@H](c2ccccc2)C[C@H]1[C@@H]1CCCC(F)(F)C1. The monoisotopic (exact) mass is 862 g/mol. The molecular weight excluding hydrogens is 804 g/mol. The van der Waals surface area contributed by atoms with Gasteiger partial charge in [-0.05, 0) is 104 Å². The second-order valence-electron chi connectivity index (χ2n) is 17.1. The Labute approximate surface area is 363 Å². The zero-order chi connectivity index (χ0) is 43.1. The number of nitrogens with one attached hydrogen (secondary N) is 1. The molecule has 1 N–H and O–H groups in total. The minimum atomic E-state index is -2.64. The van der Waals surface area contributed by atoms with Crippen LogP contribution >= 0.6 is 11.6 Å². The second kappa shape index (κ2) is 22.6. The summed E-state index contributed by atoms with van der Waals surface area (Å²) >= 11 is 4.97. The number of likely N-dealkylation sites (tertiary alicyclic amines) is 1. The quantitative estimate of drug-likeness (QED) is 0.141. The van der Waals surface area contributed by atoms with E-state index in [9.17, 15) is 27.2 Å². The standard InChI is InChI=1S/C25H29F2NO2.C17H23F2N.C8H7ClO2/c26-25(27)14-7-12-22(17-25)23-16-21(20-10-5-2-6-11-20)13-15-28(23)24(29)30-18-19-8-3-1-4-9-19;18-17(19)9-4-7-15(12-17)16-11-14(8-10-20-16)13-5-2-1-3-6-13;9-8(10)11-6-7-4-2-1-3-5-7/h1-6,8-11,21-23H,7,12-18H2;1-3,5-6,14-16,20H,4,7-12H2;1-5H,6H2/t21-,22-,23+;;/m1../s1. The molecule has 11 heteroatoms. The van der Waals surface area contributed by atoms with Crippen LogP contribution in [0.4, 0.5) is 27.2 Å². The first-order valence-electron chi connectivity index (χ1n) is 21.9. The van der Waals surface area contributed by atoms with Crippen molar-refractivity contribution in [3.05, 3.63) is 144 Å². The molecular formula is C50H59ClF4N2O4. The van der Waals surface area contributed by atoms with E-state index in [0.717, 1.165) is 49.8 Å². The lowest BCUT2D eigenvalue weighted by Gasteiger charge is -2.45. The molecule has 1 amide bonds. The summed E-state index contributed by atoms with van der Waals surface area (Å²) in [5.41, 5.74) is 3.67. The highest BCUT2D eigenvalue weighted by molar-refractivity contribution is 6.61. The molecule has 4 aromatic carbocycles. The maximum Gasteiger partial charge on any atom is 0.410 e. The number of carbonyl (C=O) groups excluding carboxylic acids is 2. The molecule has 6 nitrogen and oxygen atoms in total. The molecule has 4 aromatic rings. The summed E-state index contributed by atoms with van der Waals surface area (Å²) in [6, 6.07) is 39.7. The minimum Gasteiger partial charge on any atom is -0.449 e. The molecule has 0 aromatic heterocycles. The van der Waals surface area contributed by atoms with Crippen molar-refractivity contribution in [1.29, 1.82) is 0 Å². The molecule has 61 heavy (non-hydrogen) atoms. The van der Waals surface area contributed by atoms with Crippen LogP contribution in [0.25, 0.3) is 0 Å². The molecule has 0 radical (unpaired) electrons. The largest absolute Gasteiger partial charge is 0.449 e. The third kappa shape index (κ3) is 14.6. The smallest absolute Gasteiger partial charge is 0.410 e. The Kier molecular flexibility index (Phi) is 17.1. The summed E-state index contributed by atoms with van der Waals surface area (Å²) in [6.45, 7) is 1.93. The van der Waals surface area contributed by atoms with Crippen molar-refractivity contribution in [1.82, 2.24) is 10.2 Å². The Morgan fingerprint density at radius 2 is 1.10 bits per heavy atom. The fraction of sp³-hybridized carbons (Fsp3) is 0.480. The first-order chi connectivity index (χ1) is 29.4. The number of benzene rings is 4. The van der Waals surface area contributed by atoms with Crippen LogP contribution in [0.2, 0.25) is 0 Å². The van der Waals surface area contributed by atoms with E-state index in [2.05, 4.69) is 46.5 Å². The van der Waals surface area contributed by atoms with Gasteiger partial charge in [0.05, 0.1) is 0 Å². The molecule has 3 unspecified atom stereocenters. The molecule has 2 aliphatic heterocycles. The van der Waals surface area contributed by atoms with Crippen LogP contribution in [-0.2, 0) is 22.7 Å². The number of amides is 1. The summed E-state index contributed by atoms with van der Waals surface area (Å²) in [6.07, 6.45) is 6.12. The van der Waals surface area contributed by atoms with E-state index < -0.39 is 17.3 Å². The summed E-state index contributed by atoms with van der Waals surface area (Å²) in [4.78, 5) is 24.8. The minimum absolute atomic E-state index is 0.0449. The van der Waals surface area contributed by atoms with Gasteiger partial charge in [-0.3, -0.25) is 0 Å². The number of alkyl halides is 4. The van der Waals surface area contributed by atoms with Gasteiger partial charge in [-0.25, -0.2) is 27.2 Å². The highest BCUT2D eigenvalue weighted by Crippen LogP contribution is 2.44. The van der Waals surface area contributed by atoms with Gasteiger partial charge in [0.2, 0.25) is 11.8 Å². The van der Waals surface area contributed by atoms with Gasteiger partial charge in [0.15, 0.2) is 0 Å². The van der Waals surface area contributed by atoms with Crippen LogP contribution in [0.1, 0.15) is 111 Å². The van der Waals surface area contributed by atoms with Gasteiger partial charge in [-0.15, -0.1) is 0 Å². The van der Waals surface area contributed by atoms with Gasteiger partial charge in [0.25, 0.3) is 0 Å². The van der Waals surface area contributed by atoms with Crippen LogP contribution in [0.5, 0.6) is 0 Å². The molecule has 0 bridgehead atoms. The van der Waals surface area contributed by atoms with Crippen molar-refractivity contribution in [3.63, 3.8) is 0 Å². The fourth-order valence-electron chi connectivity index (χ4n) is 9.65. The Bertz CT molecular complexity index is 1910. The van der Waals surface area contributed by atoms with E-state index >= 15 is 0 Å². The molecule has 2 aliphatic carbocycles. The lowest BCUT2D eigenvalue weighted by molar-refractivity contribution is -0.0714. The van der Waals surface area contributed by atoms with Crippen LogP contribution in [-0.4, -0.2) is 53.4 Å². The molecule has 6 atom stereocenters. The number of piperidine rings is 2.